The molecular formula is C16H31N3OS. The molecule has 0 spiro atoms. The maximum Gasteiger partial charge on any atom is 0.191 e. The van der Waals surface area contributed by atoms with Gasteiger partial charge in [0.1, 0.15) is 0 Å². The minimum absolute atomic E-state index is 0.377. The topological polar surface area (TPSA) is 45.7 Å². The molecule has 2 N–H and O–H groups in total. The molecule has 1 heterocycles. The number of hydrogen-bond acceptors (Lipinski definition) is 3. The summed E-state index contributed by atoms with van der Waals surface area (Å²) in [5, 5.41) is 7.05. The number of thioether (sulfide) groups is 1. The van der Waals surface area contributed by atoms with E-state index in [2.05, 4.69) is 34.3 Å². The zero-order chi connectivity index (χ0) is 15.2. The molecule has 1 aliphatic carbocycles. The Hall–Kier alpha value is -0.420. The van der Waals surface area contributed by atoms with E-state index in [0.29, 0.717) is 10.2 Å². The van der Waals surface area contributed by atoms with Gasteiger partial charge in [-0.15, -0.1) is 0 Å². The molecule has 0 aromatic rings. The summed E-state index contributed by atoms with van der Waals surface area (Å²) in [6, 6.07) is 0. The first-order chi connectivity index (χ1) is 10.1. The molecule has 0 bridgehead atoms. The Balaban J connectivity index is 1.74. The maximum absolute atomic E-state index is 5.26. The van der Waals surface area contributed by atoms with E-state index in [1.54, 1.807) is 7.11 Å². The van der Waals surface area contributed by atoms with Crippen LogP contribution in [-0.2, 0) is 4.74 Å². The molecule has 0 aromatic carbocycles. The average Bonchev–Trinajstić information content (AvgIpc) is 2.87. The summed E-state index contributed by atoms with van der Waals surface area (Å²) in [7, 11) is 3.66. The van der Waals surface area contributed by atoms with Crippen LogP contribution in [0.5, 0.6) is 0 Å². The van der Waals surface area contributed by atoms with Crippen LogP contribution in [0.15, 0.2) is 4.99 Å². The van der Waals surface area contributed by atoms with Gasteiger partial charge in [0.15, 0.2) is 5.96 Å². The quantitative estimate of drug-likeness (QED) is 0.560. The highest BCUT2D eigenvalue weighted by Gasteiger charge is 2.36. The van der Waals surface area contributed by atoms with Crippen LogP contribution < -0.4 is 10.6 Å². The van der Waals surface area contributed by atoms with Crippen LogP contribution in [0, 0.1) is 5.41 Å². The fourth-order valence-electron chi connectivity index (χ4n) is 3.25. The summed E-state index contributed by atoms with van der Waals surface area (Å²) in [6.07, 6.45) is 7.78. The fourth-order valence-corrected chi connectivity index (χ4v) is 4.49. The van der Waals surface area contributed by atoms with Gasteiger partial charge in [0.05, 0.1) is 0 Å². The van der Waals surface area contributed by atoms with Crippen molar-refractivity contribution in [2.75, 3.05) is 39.6 Å². The third kappa shape index (κ3) is 4.78. The Morgan fingerprint density at radius 1 is 1.19 bits per heavy atom. The van der Waals surface area contributed by atoms with Crippen molar-refractivity contribution in [1.82, 2.24) is 10.6 Å². The lowest BCUT2D eigenvalue weighted by atomic mass is 9.67. The van der Waals surface area contributed by atoms with Crippen LogP contribution in [0.25, 0.3) is 0 Å². The summed E-state index contributed by atoms with van der Waals surface area (Å²) < 4.78 is 5.64. The van der Waals surface area contributed by atoms with Gasteiger partial charge in [-0.05, 0) is 50.2 Å². The lowest BCUT2D eigenvalue weighted by molar-refractivity contribution is 0.0732. The minimum Gasteiger partial charge on any atom is -0.385 e. The Kier molecular flexibility index (Phi) is 6.23. The second-order valence-electron chi connectivity index (χ2n) is 6.78. The van der Waals surface area contributed by atoms with Crippen LogP contribution in [0.3, 0.4) is 0 Å². The van der Waals surface area contributed by atoms with E-state index in [1.807, 2.05) is 7.05 Å². The van der Waals surface area contributed by atoms with Crippen LogP contribution in [-0.4, -0.2) is 50.3 Å². The van der Waals surface area contributed by atoms with Crippen molar-refractivity contribution in [3.63, 3.8) is 0 Å². The fraction of sp³-hybridized carbons (Fsp3) is 0.938. The Labute approximate surface area is 133 Å². The number of nitrogens with zero attached hydrogens (tertiary/aromatic N) is 1. The van der Waals surface area contributed by atoms with E-state index in [1.165, 1.54) is 37.9 Å². The van der Waals surface area contributed by atoms with Gasteiger partial charge in [-0.3, -0.25) is 4.99 Å². The molecular weight excluding hydrogens is 282 g/mol. The van der Waals surface area contributed by atoms with Crippen molar-refractivity contribution in [3.05, 3.63) is 0 Å². The normalized spacial score (nSPS) is 28.2. The third-order valence-electron chi connectivity index (χ3n) is 5.04. The second-order valence-corrected chi connectivity index (χ2v) is 8.46. The van der Waals surface area contributed by atoms with Crippen LogP contribution in [0.2, 0.25) is 0 Å². The van der Waals surface area contributed by atoms with E-state index < -0.39 is 0 Å². The van der Waals surface area contributed by atoms with Crippen LogP contribution in [0.1, 0.15) is 45.4 Å². The number of aliphatic imine (C=N–C) groups is 1. The molecule has 5 heteroatoms. The van der Waals surface area contributed by atoms with Crippen molar-refractivity contribution < 1.29 is 4.74 Å². The molecule has 122 valence electrons. The monoisotopic (exact) mass is 313 g/mol. The summed E-state index contributed by atoms with van der Waals surface area (Å²) in [5.41, 5.74) is 0.430. The lowest BCUT2D eigenvalue weighted by Crippen LogP contribution is -2.49. The molecule has 0 radical (unpaired) electrons. The zero-order valence-electron chi connectivity index (χ0n) is 13.8. The van der Waals surface area contributed by atoms with E-state index >= 15 is 0 Å². The van der Waals surface area contributed by atoms with Crippen molar-refractivity contribution >= 4 is 17.7 Å². The van der Waals surface area contributed by atoms with Gasteiger partial charge in [-0.2, -0.15) is 11.8 Å². The standard InChI is InChI=1S/C16H31N3OS/c1-15(6-5-11-21-15)12-18-14(17-2)19-13-16(7-4-8-16)9-10-20-3/h4-13H2,1-3H3,(H2,17,18,19). The van der Waals surface area contributed by atoms with Gasteiger partial charge in [0.2, 0.25) is 0 Å². The van der Waals surface area contributed by atoms with Crippen molar-refractivity contribution in [2.24, 2.45) is 10.4 Å². The largest absolute Gasteiger partial charge is 0.385 e. The Bertz CT molecular complexity index is 349. The summed E-state index contributed by atoms with van der Waals surface area (Å²) in [5.74, 6) is 2.25. The Morgan fingerprint density at radius 2 is 1.95 bits per heavy atom. The van der Waals surface area contributed by atoms with Crippen molar-refractivity contribution in [2.45, 2.75) is 50.2 Å². The van der Waals surface area contributed by atoms with Crippen LogP contribution >= 0.6 is 11.8 Å². The molecule has 1 unspecified atom stereocenters. The predicted molar refractivity (Wildman–Crippen MR) is 92.2 cm³/mol. The van der Waals surface area contributed by atoms with Gasteiger partial charge in [-0.25, -0.2) is 0 Å². The van der Waals surface area contributed by atoms with Gasteiger partial charge in [-0.1, -0.05) is 6.42 Å². The molecule has 2 fully saturated rings. The van der Waals surface area contributed by atoms with E-state index in [9.17, 15) is 0 Å². The molecule has 0 aromatic heterocycles. The third-order valence-corrected chi connectivity index (χ3v) is 6.57. The number of ether oxygens (including phenoxy) is 1. The summed E-state index contributed by atoms with van der Waals surface area (Å²) >= 11 is 2.09. The first-order valence-electron chi connectivity index (χ1n) is 8.19. The van der Waals surface area contributed by atoms with E-state index in [-0.39, 0.29) is 0 Å². The highest BCUT2D eigenvalue weighted by Crippen LogP contribution is 2.43. The minimum atomic E-state index is 0.377. The zero-order valence-corrected chi connectivity index (χ0v) is 14.7. The molecule has 2 rings (SSSR count). The molecule has 21 heavy (non-hydrogen) atoms. The summed E-state index contributed by atoms with van der Waals surface area (Å²) in [4.78, 5) is 4.38. The van der Waals surface area contributed by atoms with Gasteiger partial charge in [0.25, 0.3) is 0 Å². The van der Waals surface area contributed by atoms with Gasteiger partial charge < -0.3 is 15.4 Å². The lowest BCUT2D eigenvalue weighted by Gasteiger charge is -2.42. The molecule has 2 aliphatic rings. The molecule has 1 atom stereocenters. The second kappa shape index (κ2) is 7.73. The molecule has 1 saturated carbocycles. The molecule has 1 saturated heterocycles. The smallest absolute Gasteiger partial charge is 0.191 e. The SMILES string of the molecule is CN=C(NCC1(CCOC)CCC1)NCC1(C)CCCS1. The first-order valence-corrected chi connectivity index (χ1v) is 9.17. The average molecular weight is 314 g/mol. The summed E-state index contributed by atoms with van der Waals surface area (Å²) in [6.45, 7) is 5.24. The highest BCUT2D eigenvalue weighted by molar-refractivity contribution is 8.00. The van der Waals surface area contributed by atoms with Crippen molar-refractivity contribution in [1.29, 1.82) is 0 Å². The first kappa shape index (κ1) is 16.9. The number of hydrogen-bond donors (Lipinski definition) is 2. The van der Waals surface area contributed by atoms with Gasteiger partial charge >= 0.3 is 0 Å². The molecule has 1 aliphatic heterocycles. The maximum atomic E-state index is 5.26. The Morgan fingerprint density at radius 3 is 2.48 bits per heavy atom. The van der Waals surface area contributed by atoms with Crippen LogP contribution in [0.4, 0.5) is 0 Å². The predicted octanol–water partition coefficient (Wildman–Crippen LogP) is 2.64. The van der Waals surface area contributed by atoms with Gasteiger partial charge in [0, 0.05) is 38.6 Å². The van der Waals surface area contributed by atoms with Crippen molar-refractivity contribution in [3.8, 4) is 0 Å². The highest BCUT2D eigenvalue weighted by atomic mass is 32.2. The number of methoxy groups -OCH3 is 1. The number of nitrogens with one attached hydrogen (secondary N) is 2. The molecule has 0 amide bonds. The number of guanidine groups is 1. The van der Waals surface area contributed by atoms with E-state index in [0.717, 1.165) is 32.1 Å². The number of rotatable bonds is 7. The van der Waals surface area contributed by atoms with E-state index in [4.69, 9.17) is 4.74 Å². The molecule has 4 nitrogen and oxygen atoms in total.